The number of pyridine rings is 1. The number of rotatable bonds is 7. The van der Waals surface area contributed by atoms with Crippen molar-refractivity contribution in [3.05, 3.63) is 131 Å². The van der Waals surface area contributed by atoms with Crippen LogP contribution < -0.4 is 10.2 Å². The fourth-order valence-electron chi connectivity index (χ4n) is 5.45. The average molecular weight is 588 g/mol. The molecule has 3 aromatic carbocycles. The Balaban J connectivity index is 1.55. The molecule has 216 valence electrons. The first kappa shape index (κ1) is 28.4. The van der Waals surface area contributed by atoms with Gasteiger partial charge in [-0.2, -0.15) is 5.10 Å². The summed E-state index contributed by atoms with van der Waals surface area (Å²) in [6, 6.07) is 30.2. The van der Waals surface area contributed by atoms with E-state index in [9.17, 15) is 9.59 Å². The van der Waals surface area contributed by atoms with Crippen molar-refractivity contribution in [3.63, 3.8) is 0 Å². The van der Waals surface area contributed by atoms with Crippen LogP contribution in [-0.4, -0.2) is 38.9 Å². The van der Waals surface area contributed by atoms with E-state index >= 15 is 0 Å². The average Bonchev–Trinajstić information content (AvgIpc) is 3.34. The zero-order chi connectivity index (χ0) is 29.9. The molecule has 1 unspecified atom stereocenters. The molecule has 8 heteroatoms. The monoisotopic (exact) mass is 587 g/mol. The van der Waals surface area contributed by atoms with Crippen molar-refractivity contribution in [1.29, 1.82) is 0 Å². The Morgan fingerprint density at radius 3 is 2.51 bits per heavy atom. The lowest BCUT2D eigenvalue weighted by molar-refractivity contribution is -0.123. The van der Waals surface area contributed by atoms with Gasteiger partial charge in [-0.3, -0.25) is 19.5 Å². The summed E-state index contributed by atoms with van der Waals surface area (Å²) in [5, 5.41) is 8.01. The molecule has 1 aliphatic heterocycles. The van der Waals surface area contributed by atoms with Crippen LogP contribution in [-0.2, 0) is 16.1 Å². The van der Waals surface area contributed by atoms with Gasteiger partial charge in [0.05, 0.1) is 34.6 Å². The van der Waals surface area contributed by atoms with E-state index in [4.69, 9.17) is 5.10 Å². The minimum absolute atomic E-state index is 0.134. The number of hydrogen-bond acceptors (Lipinski definition) is 5. The molecular formula is C35H33N5O2S. The Kier molecular flexibility index (Phi) is 8.11. The van der Waals surface area contributed by atoms with Crippen LogP contribution in [0.3, 0.4) is 0 Å². The topological polar surface area (TPSA) is 80.1 Å². The number of carbonyl (C=O) groups excluding carboxylic acids is 2. The summed E-state index contributed by atoms with van der Waals surface area (Å²) in [5.41, 5.74) is 8.71. The van der Waals surface area contributed by atoms with Crippen molar-refractivity contribution < 1.29 is 9.59 Å². The lowest BCUT2D eigenvalue weighted by atomic mass is 9.98. The van der Waals surface area contributed by atoms with Gasteiger partial charge in [-0.1, -0.05) is 78.4 Å². The Bertz CT molecular complexity index is 1790. The second kappa shape index (κ2) is 12.3. The second-order valence-corrected chi connectivity index (χ2v) is 11.9. The molecule has 2 amide bonds. The Morgan fingerprint density at radius 1 is 0.953 bits per heavy atom. The van der Waals surface area contributed by atoms with Crippen molar-refractivity contribution >= 4 is 29.4 Å². The first-order chi connectivity index (χ1) is 20.9. The van der Waals surface area contributed by atoms with E-state index in [0.29, 0.717) is 5.82 Å². The number of nitrogens with one attached hydrogen (secondary N) is 1. The van der Waals surface area contributed by atoms with Gasteiger partial charge in [0.25, 0.3) is 0 Å². The minimum atomic E-state index is -0.265. The minimum Gasteiger partial charge on any atom is -0.349 e. The summed E-state index contributed by atoms with van der Waals surface area (Å²) in [6.07, 6.45) is 1.70. The summed E-state index contributed by atoms with van der Waals surface area (Å²) in [7, 11) is 0. The van der Waals surface area contributed by atoms with Crippen LogP contribution in [0.25, 0.3) is 16.9 Å². The molecule has 1 N–H and O–H groups in total. The lowest BCUT2D eigenvalue weighted by Crippen LogP contribution is -2.42. The van der Waals surface area contributed by atoms with E-state index in [0.717, 1.165) is 50.5 Å². The normalized spacial score (nSPS) is 14.7. The summed E-state index contributed by atoms with van der Waals surface area (Å²) < 4.78 is 1.87. The number of aryl methyl sites for hydroxylation is 2. The van der Waals surface area contributed by atoms with Crippen molar-refractivity contribution in [1.82, 2.24) is 20.1 Å². The molecule has 0 radical (unpaired) electrons. The van der Waals surface area contributed by atoms with Crippen LogP contribution >= 0.6 is 11.8 Å². The van der Waals surface area contributed by atoms with E-state index in [1.807, 2.05) is 65.3 Å². The molecule has 0 aliphatic carbocycles. The number of hydrogen-bond donors (Lipinski definition) is 1. The molecule has 1 aliphatic rings. The molecule has 3 heterocycles. The van der Waals surface area contributed by atoms with Gasteiger partial charge >= 0.3 is 0 Å². The number of aromatic nitrogens is 3. The largest absolute Gasteiger partial charge is 0.349 e. The molecule has 0 bridgehead atoms. The number of fused-ring (bicyclic) bond motifs is 1. The van der Waals surface area contributed by atoms with E-state index in [2.05, 4.69) is 61.4 Å². The van der Waals surface area contributed by atoms with Gasteiger partial charge in [0.15, 0.2) is 0 Å². The predicted molar refractivity (Wildman–Crippen MR) is 172 cm³/mol. The smallest absolute Gasteiger partial charge is 0.240 e. The quantitative estimate of drug-likeness (QED) is 0.240. The molecular weight excluding hydrogens is 554 g/mol. The predicted octanol–water partition coefficient (Wildman–Crippen LogP) is 6.35. The number of anilines is 1. The zero-order valence-electron chi connectivity index (χ0n) is 24.4. The Labute approximate surface area is 256 Å². The van der Waals surface area contributed by atoms with Crippen LogP contribution in [0.15, 0.2) is 97.2 Å². The number of thioether (sulfide) groups is 1. The fraction of sp³-hybridized carbons (Fsp3) is 0.200. The van der Waals surface area contributed by atoms with E-state index < -0.39 is 0 Å². The summed E-state index contributed by atoms with van der Waals surface area (Å²) in [6.45, 7) is 6.35. The maximum atomic E-state index is 14.0. The highest BCUT2D eigenvalue weighted by Crippen LogP contribution is 2.48. The molecule has 2 aromatic heterocycles. The summed E-state index contributed by atoms with van der Waals surface area (Å²) >= 11 is 1.58. The third-order valence-corrected chi connectivity index (χ3v) is 9.03. The SMILES string of the molecule is Cc1cccc(C2SCC(=O)N(CC(=O)NCc3ccccn3)c3c2c(-c2ccccc2)nn3-c2cccc(C)c2C)c1. The molecule has 6 rings (SSSR count). The summed E-state index contributed by atoms with van der Waals surface area (Å²) in [5.74, 6) is 0.448. The molecule has 43 heavy (non-hydrogen) atoms. The van der Waals surface area contributed by atoms with Gasteiger partial charge in [0.2, 0.25) is 11.8 Å². The van der Waals surface area contributed by atoms with Crippen LogP contribution in [0.1, 0.15) is 38.8 Å². The van der Waals surface area contributed by atoms with Crippen molar-refractivity contribution in [2.45, 2.75) is 32.6 Å². The molecule has 7 nitrogen and oxygen atoms in total. The van der Waals surface area contributed by atoms with Crippen LogP contribution in [0.4, 0.5) is 5.82 Å². The Hall–Kier alpha value is -4.69. The fourth-order valence-corrected chi connectivity index (χ4v) is 6.64. The van der Waals surface area contributed by atoms with Gasteiger partial charge in [0.1, 0.15) is 12.4 Å². The number of carbonyl (C=O) groups is 2. The number of benzene rings is 3. The molecule has 0 spiro atoms. The molecule has 5 aromatic rings. The van der Waals surface area contributed by atoms with Crippen LogP contribution in [0, 0.1) is 20.8 Å². The van der Waals surface area contributed by atoms with Crippen molar-refractivity contribution in [2.75, 3.05) is 17.2 Å². The maximum absolute atomic E-state index is 14.0. The van der Waals surface area contributed by atoms with E-state index in [-0.39, 0.29) is 35.9 Å². The molecule has 0 fully saturated rings. The van der Waals surface area contributed by atoms with Gasteiger partial charge in [-0.15, -0.1) is 11.8 Å². The zero-order valence-corrected chi connectivity index (χ0v) is 25.3. The highest BCUT2D eigenvalue weighted by atomic mass is 32.2. The van der Waals surface area contributed by atoms with Gasteiger partial charge in [0, 0.05) is 17.3 Å². The third-order valence-electron chi connectivity index (χ3n) is 7.78. The lowest BCUT2D eigenvalue weighted by Gasteiger charge is -2.24. The highest BCUT2D eigenvalue weighted by molar-refractivity contribution is 8.00. The summed E-state index contributed by atoms with van der Waals surface area (Å²) in [4.78, 5) is 33.3. The van der Waals surface area contributed by atoms with Crippen molar-refractivity contribution in [2.24, 2.45) is 0 Å². The first-order valence-corrected chi connectivity index (χ1v) is 15.4. The van der Waals surface area contributed by atoms with Gasteiger partial charge in [-0.05, 0) is 55.7 Å². The number of nitrogens with zero attached hydrogens (tertiary/aromatic N) is 4. The van der Waals surface area contributed by atoms with E-state index in [1.54, 1.807) is 22.9 Å². The Morgan fingerprint density at radius 2 is 1.74 bits per heavy atom. The molecule has 0 saturated heterocycles. The van der Waals surface area contributed by atoms with Crippen LogP contribution in [0.2, 0.25) is 0 Å². The maximum Gasteiger partial charge on any atom is 0.240 e. The van der Waals surface area contributed by atoms with Crippen molar-refractivity contribution in [3.8, 4) is 16.9 Å². The molecule has 0 saturated carbocycles. The standard InChI is InChI=1S/C35H33N5O2S/c1-23-11-9-15-27(19-23)34-32-33(26-13-5-4-6-14-26)38-40(29-17-10-12-24(2)25(29)3)35(32)39(31(42)22-43-34)21-30(41)37-20-28-16-7-8-18-36-28/h4-19,34H,20-22H2,1-3H3,(H,37,41). The first-order valence-electron chi connectivity index (χ1n) is 14.3. The van der Waals surface area contributed by atoms with Gasteiger partial charge < -0.3 is 5.32 Å². The van der Waals surface area contributed by atoms with Crippen LogP contribution in [0.5, 0.6) is 0 Å². The highest BCUT2D eigenvalue weighted by Gasteiger charge is 2.38. The van der Waals surface area contributed by atoms with E-state index in [1.165, 1.54) is 0 Å². The number of amides is 2. The molecule has 1 atom stereocenters. The second-order valence-electron chi connectivity index (χ2n) is 10.8. The van der Waals surface area contributed by atoms with Gasteiger partial charge in [-0.25, -0.2) is 4.68 Å². The third kappa shape index (κ3) is 5.83.